The van der Waals surface area contributed by atoms with Gasteiger partial charge in [-0.15, -0.1) is 21.5 Å². The predicted octanol–water partition coefficient (Wildman–Crippen LogP) is 4.29. The van der Waals surface area contributed by atoms with Crippen molar-refractivity contribution in [3.63, 3.8) is 0 Å². The molecule has 5 rings (SSSR count). The Morgan fingerprint density at radius 2 is 2.16 bits per heavy atom. The van der Waals surface area contributed by atoms with Crippen molar-refractivity contribution in [2.24, 2.45) is 0 Å². The maximum absolute atomic E-state index is 13.0. The normalized spacial score (nSPS) is 18.6. The lowest BCUT2D eigenvalue weighted by molar-refractivity contribution is -0.117. The van der Waals surface area contributed by atoms with Gasteiger partial charge in [-0.2, -0.15) is 0 Å². The molecule has 1 unspecified atom stereocenters. The van der Waals surface area contributed by atoms with Crippen LogP contribution >= 0.6 is 23.1 Å². The monoisotopic (exact) mass is 468 g/mol. The molecule has 2 aliphatic rings. The number of hydrogen-bond donors (Lipinski definition) is 0. The molecule has 0 bridgehead atoms. The van der Waals surface area contributed by atoms with Gasteiger partial charge in [-0.3, -0.25) is 14.2 Å². The van der Waals surface area contributed by atoms with Gasteiger partial charge in [-0.05, 0) is 42.8 Å². The summed E-state index contributed by atoms with van der Waals surface area (Å²) >= 11 is 3.02. The average Bonchev–Trinajstić information content (AvgIpc) is 3.61. The van der Waals surface area contributed by atoms with Crippen molar-refractivity contribution in [1.82, 2.24) is 14.8 Å². The van der Waals surface area contributed by atoms with E-state index in [4.69, 9.17) is 4.74 Å². The molecule has 2 fully saturated rings. The number of ketones is 1. The zero-order valence-electron chi connectivity index (χ0n) is 17.6. The smallest absolute Gasteiger partial charge is 0.227 e. The number of benzene rings is 1. The van der Waals surface area contributed by atoms with Crippen molar-refractivity contribution < 1.29 is 14.3 Å². The van der Waals surface area contributed by atoms with Crippen LogP contribution in [0.4, 0.5) is 5.69 Å². The fourth-order valence-corrected chi connectivity index (χ4v) is 5.68. The molecule has 32 heavy (non-hydrogen) atoms. The van der Waals surface area contributed by atoms with Gasteiger partial charge in [-0.1, -0.05) is 30.0 Å². The molecule has 3 aromatic rings. The van der Waals surface area contributed by atoms with Crippen LogP contribution in [-0.4, -0.2) is 51.5 Å². The molecule has 1 aromatic carbocycles. The Labute approximate surface area is 194 Å². The van der Waals surface area contributed by atoms with Crippen molar-refractivity contribution in [2.75, 3.05) is 23.8 Å². The van der Waals surface area contributed by atoms with Crippen LogP contribution in [0.3, 0.4) is 0 Å². The fourth-order valence-electron chi connectivity index (χ4n) is 4.12. The minimum absolute atomic E-state index is 0.00726. The van der Waals surface area contributed by atoms with Crippen LogP contribution in [0.25, 0.3) is 10.7 Å². The quantitative estimate of drug-likeness (QED) is 0.363. The van der Waals surface area contributed by atoms with E-state index in [2.05, 4.69) is 14.8 Å². The molecular weight excluding hydrogens is 444 g/mol. The third-order valence-corrected chi connectivity index (χ3v) is 7.59. The number of nitrogens with zero attached hydrogens (tertiary/aromatic N) is 4. The number of carbonyl (C=O) groups excluding carboxylic acids is 2. The number of rotatable bonds is 8. The van der Waals surface area contributed by atoms with Gasteiger partial charge in [0.05, 0.1) is 23.3 Å². The first-order valence-electron chi connectivity index (χ1n) is 10.8. The van der Waals surface area contributed by atoms with E-state index in [0.717, 1.165) is 47.4 Å². The van der Waals surface area contributed by atoms with Crippen LogP contribution in [0.1, 0.15) is 36.0 Å². The maximum Gasteiger partial charge on any atom is 0.227 e. The van der Waals surface area contributed by atoms with Crippen LogP contribution in [0, 0.1) is 0 Å². The minimum atomic E-state index is 0.00726. The van der Waals surface area contributed by atoms with Gasteiger partial charge >= 0.3 is 0 Å². The van der Waals surface area contributed by atoms with Crippen molar-refractivity contribution >= 4 is 40.5 Å². The first-order chi connectivity index (χ1) is 15.7. The van der Waals surface area contributed by atoms with Gasteiger partial charge in [0, 0.05) is 30.8 Å². The number of Topliss-reactive ketones (excluding diaryl/α,β-unsaturated/α-hetero) is 1. The Hall–Kier alpha value is -2.49. The van der Waals surface area contributed by atoms with Gasteiger partial charge in [0.1, 0.15) is 0 Å². The van der Waals surface area contributed by atoms with Gasteiger partial charge in [0.2, 0.25) is 5.91 Å². The van der Waals surface area contributed by atoms with Crippen LogP contribution in [-0.2, 0) is 16.1 Å². The summed E-state index contributed by atoms with van der Waals surface area (Å²) in [4.78, 5) is 27.8. The Kier molecular flexibility index (Phi) is 6.38. The zero-order chi connectivity index (χ0) is 21.9. The molecular formula is C23H24N4O3S2. The van der Waals surface area contributed by atoms with Gasteiger partial charge < -0.3 is 9.64 Å². The highest BCUT2D eigenvalue weighted by Crippen LogP contribution is 2.30. The molecule has 7 nitrogen and oxygen atoms in total. The topological polar surface area (TPSA) is 77.3 Å². The van der Waals surface area contributed by atoms with E-state index < -0.39 is 0 Å². The Balaban J connectivity index is 1.32. The lowest BCUT2D eigenvalue weighted by Gasteiger charge is -2.16. The van der Waals surface area contributed by atoms with Crippen LogP contribution in [0.5, 0.6) is 0 Å². The molecule has 0 spiro atoms. The molecule has 2 aliphatic heterocycles. The van der Waals surface area contributed by atoms with Gasteiger partial charge in [0.15, 0.2) is 16.8 Å². The number of amides is 1. The predicted molar refractivity (Wildman–Crippen MR) is 125 cm³/mol. The summed E-state index contributed by atoms with van der Waals surface area (Å²) in [6.45, 7) is 2.18. The standard InChI is InChI=1S/C23H24N4O3S2/c28-19(16-5-1-6-17(13-16)26-10-2-9-21(26)29)15-32-23-25-24-22(20-8-4-12-31-20)27(23)14-18-7-3-11-30-18/h1,4-6,8,12-13,18H,2-3,7,9-11,14-15H2. The molecule has 1 atom stereocenters. The van der Waals surface area contributed by atoms with E-state index in [9.17, 15) is 9.59 Å². The molecule has 0 N–H and O–H groups in total. The lowest BCUT2D eigenvalue weighted by Crippen LogP contribution is -2.23. The SMILES string of the molecule is O=C(CSc1nnc(-c2cccs2)n1CC1CCCO1)c1cccc(N2CCCC2=O)c1. The van der Waals surface area contributed by atoms with E-state index in [0.29, 0.717) is 25.1 Å². The van der Waals surface area contributed by atoms with Crippen LogP contribution < -0.4 is 4.90 Å². The Morgan fingerprint density at radius 3 is 2.91 bits per heavy atom. The molecule has 0 radical (unpaired) electrons. The first-order valence-corrected chi connectivity index (χ1v) is 12.7. The van der Waals surface area contributed by atoms with E-state index >= 15 is 0 Å². The van der Waals surface area contributed by atoms with E-state index in [1.807, 2.05) is 35.7 Å². The van der Waals surface area contributed by atoms with Crippen molar-refractivity contribution in [1.29, 1.82) is 0 Å². The lowest BCUT2D eigenvalue weighted by atomic mass is 10.1. The third-order valence-electron chi connectivity index (χ3n) is 5.75. The fraction of sp³-hybridized carbons (Fsp3) is 0.391. The highest BCUT2D eigenvalue weighted by atomic mass is 32.2. The Morgan fingerprint density at radius 1 is 1.22 bits per heavy atom. The highest BCUT2D eigenvalue weighted by Gasteiger charge is 2.24. The number of aromatic nitrogens is 3. The van der Waals surface area contributed by atoms with Crippen molar-refractivity contribution in [2.45, 2.75) is 43.5 Å². The molecule has 9 heteroatoms. The van der Waals surface area contributed by atoms with Crippen molar-refractivity contribution in [3.05, 3.63) is 47.3 Å². The third kappa shape index (κ3) is 4.51. The molecule has 2 saturated heterocycles. The summed E-state index contributed by atoms with van der Waals surface area (Å²) in [6, 6.07) is 11.4. The van der Waals surface area contributed by atoms with Crippen LogP contribution in [0.15, 0.2) is 46.9 Å². The minimum Gasteiger partial charge on any atom is -0.376 e. The number of hydrogen-bond acceptors (Lipinski definition) is 7. The number of anilines is 1. The van der Waals surface area contributed by atoms with E-state index in [1.54, 1.807) is 22.3 Å². The zero-order valence-corrected chi connectivity index (χ0v) is 19.2. The van der Waals surface area contributed by atoms with E-state index in [-0.39, 0.29) is 23.5 Å². The second kappa shape index (κ2) is 9.56. The Bertz CT molecular complexity index is 1110. The molecule has 4 heterocycles. The van der Waals surface area contributed by atoms with Crippen molar-refractivity contribution in [3.8, 4) is 10.7 Å². The summed E-state index contributed by atoms with van der Waals surface area (Å²) in [5.74, 6) is 1.20. The second-order valence-corrected chi connectivity index (χ2v) is 9.83. The van der Waals surface area contributed by atoms with Crippen LogP contribution in [0.2, 0.25) is 0 Å². The van der Waals surface area contributed by atoms with Gasteiger partial charge in [-0.25, -0.2) is 0 Å². The number of carbonyl (C=O) groups is 2. The summed E-state index contributed by atoms with van der Waals surface area (Å²) in [5.41, 5.74) is 1.41. The summed E-state index contributed by atoms with van der Waals surface area (Å²) in [5, 5.41) is 11.6. The number of ether oxygens (including phenoxy) is 1. The molecule has 166 valence electrons. The second-order valence-electron chi connectivity index (χ2n) is 7.94. The largest absolute Gasteiger partial charge is 0.376 e. The summed E-state index contributed by atoms with van der Waals surface area (Å²) in [6.07, 6.45) is 3.67. The molecule has 0 saturated carbocycles. The number of thioether (sulfide) groups is 1. The maximum atomic E-state index is 13.0. The van der Waals surface area contributed by atoms with Gasteiger partial charge in [0.25, 0.3) is 0 Å². The molecule has 2 aromatic heterocycles. The molecule has 0 aliphatic carbocycles. The first kappa shape index (κ1) is 21.4. The summed E-state index contributed by atoms with van der Waals surface area (Å²) < 4.78 is 7.92. The van der Waals surface area contributed by atoms with E-state index in [1.165, 1.54) is 11.8 Å². The average molecular weight is 469 g/mol. The highest BCUT2D eigenvalue weighted by molar-refractivity contribution is 7.99. The summed E-state index contributed by atoms with van der Waals surface area (Å²) in [7, 11) is 0. The molecule has 1 amide bonds. The number of thiophene rings is 1.